The lowest BCUT2D eigenvalue weighted by atomic mass is 9.90. The topological polar surface area (TPSA) is 76.0 Å². The molecule has 1 saturated carbocycles. The number of fused-ring (bicyclic) bond motifs is 1. The third-order valence-corrected chi connectivity index (χ3v) is 3.92. The summed E-state index contributed by atoms with van der Waals surface area (Å²) in [5.41, 5.74) is -0.0944. The maximum atomic E-state index is 11.0. The molecule has 1 aromatic carbocycles. The van der Waals surface area contributed by atoms with Crippen LogP contribution in [0.3, 0.4) is 0 Å². The van der Waals surface area contributed by atoms with E-state index < -0.39 is 11.4 Å². The van der Waals surface area contributed by atoms with Crippen molar-refractivity contribution in [2.75, 3.05) is 13.2 Å². The van der Waals surface area contributed by atoms with Crippen molar-refractivity contribution in [3.8, 4) is 17.2 Å². The van der Waals surface area contributed by atoms with E-state index in [2.05, 4.69) is 0 Å². The first-order chi connectivity index (χ1) is 9.03. The molecule has 0 spiro atoms. The zero-order valence-corrected chi connectivity index (χ0v) is 10.9. The molecule has 0 bridgehead atoms. The van der Waals surface area contributed by atoms with Gasteiger partial charge in [-0.2, -0.15) is 0 Å². The van der Waals surface area contributed by atoms with E-state index in [1.54, 1.807) is 0 Å². The van der Waals surface area contributed by atoms with E-state index in [1.807, 2.05) is 0 Å². The summed E-state index contributed by atoms with van der Waals surface area (Å²) < 4.78 is 11.0. The lowest BCUT2D eigenvalue weighted by Gasteiger charge is -2.26. The van der Waals surface area contributed by atoms with Crippen molar-refractivity contribution in [2.24, 2.45) is 0 Å². The Bertz CT molecular complexity index is 550. The predicted molar refractivity (Wildman–Crippen MR) is 67.3 cm³/mol. The minimum atomic E-state index is -0.901. The van der Waals surface area contributed by atoms with Crippen molar-refractivity contribution in [1.29, 1.82) is 0 Å². The van der Waals surface area contributed by atoms with Crippen LogP contribution in [-0.2, 0) is 10.2 Å². The molecule has 2 N–H and O–H groups in total. The molecule has 1 fully saturated rings. The Kier molecular flexibility index (Phi) is 2.74. The number of halogens is 1. The van der Waals surface area contributed by atoms with E-state index in [9.17, 15) is 9.90 Å². The van der Waals surface area contributed by atoms with E-state index in [0.717, 1.165) is 0 Å². The highest BCUT2D eigenvalue weighted by molar-refractivity contribution is 6.32. The average molecular weight is 285 g/mol. The number of benzene rings is 1. The maximum Gasteiger partial charge on any atom is 0.304 e. The van der Waals surface area contributed by atoms with Crippen LogP contribution in [-0.4, -0.2) is 29.4 Å². The minimum Gasteiger partial charge on any atom is -0.506 e. The van der Waals surface area contributed by atoms with Gasteiger partial charge < -0.3 is 19.7 Å². The molecular formula is C13H13ClO5. The van der Waals surface area contributed by atoms with E-state index >= 15 is 0 Å². The van der Waals surface area contributed by atoms with Crippen molar-refractivity contribution in [1.82, 2.24) is 0 Å². The number of rotatable bonds is 3. The van der Waals surface area contributed by atoms with Gasteiger partial charge in [0.2, 0.25) is 0 Å². The first kappa shape index (κ1) is 12.4. The summed E-state index contributed by atoms with van der Waals surface area (Å²) in [5.74, 6) is -0.0837. The monoisotopic (exact) mass is 284 g/mol. The summed E-state index contributed by atoms with van der Waals surface area (Å²) in [6, 6.07) is 1.51. The van der Waals surface area contributed by atoms with E-state index in [1.165, 1.54) is 6.07 Å². The van der Waals surface area contributed by atoms with E-state index in [4.69, 9.17) is 26.2 Å². The lowest BCUT2D eigenvalue weighted by Crippen LogP contribution is -2.21. The Morgan fingerprint density at radius 1 is 1.37 bits per heavy atom. The first-order valence-corrected chi connectivity index (χ1v) is 6.45. The molecule has 0 radical (unpaired) electrons. The third kappa shape index (κ3) is 1.98. The second kappa shape index (κ2) is 4.20. The van der Waals surface area contributed by atoms with Crippen molar-refractivity contribution in [3.63, 3.8) is 0 Å². The molecule has 1 heterocycles. The van der Waals surface area contributed by atoms with Crippen LogP contribution in [0.15, 0.2) is 6.07 Å². The van der Waals surface area contributed by atoms with Crippen LogP contribution in [0, 0.1) is 0 Å². The smallest absolute Gasteiger partial charge is 0.304 e. The molecule has 1 aromatic rings. The number of phenolic OH excluding ortho intramolecular Hbond substituents is 1. The zero-order chi connectivity index (χ0) is 13.6. The van der Waals surface area contributed by atoms with Crippen LogP contribution in [0.4, 0.5) is 0 Å². The Labute approximate surface area is 114 Å². The van der Waals surface area contributed by atoms with Gasteiger partial charge in [-0.1, -0.05) is 11.6 Å². The van der Waals surface area contributed by atoms with Crippen molar-refractivity contribution >= 4 is 17.6 Å². The zero-order valence-electron chi connectivity index (χ0n) is 10.1. The molecule has 1 aliphatic heterocycles. The van der Waals surface area contributed by atoms with Crippen molar-refractivity contribution < 1.29 is 24.5 Å². The summed E-state index contributed by atoms with van der Waals surface area (Å²) in [4.78, 5) is 11.0. The standard InChI is InChI=1S/C13H13ClO5/c14-7-5-8-12(19-4-3-18-8)10(11(7)17)13(1-2-13)6-9(15)16/h5,17H,1-4,6H2,(H,15,16). The lowest BCUT2D eigenvalue weighted by molar-refractivity contribution is -0.137. The number of hydrogen-bond donors (Lipinski definition) is 2. The number of aromatic hydroxyl groups is 1. The molecule has 0 amide bonds. The van der Waals surface area contributed by atoms with Gasteiger partial charge in [0.1, 0.15) is 19.0 Å². The third-order valence-electron chi connectivity index (χ3n) is 3.63. The van der Waals surface area contributed by atoms with Gasteiger partial charge >= 0.3 is 5.97 Å². The normalized spacial score (nSPS) is 19.0. The minimum absolute atomic E-state index is 0.0449. The van der Waals surface area contributed by atoms with Gasteiger partial charge in [0, 0.05) is 17.0 Å². The largest absolute Gasteiger partial charge is 0.506 e. The molecular weight excluding hydrogens is 272 g/mol. The molecule has 5 nitrogen and oxygen atoms in total. The Morgan fingerprint density at radius 3 is 2.68 bits per heavy atom. The second-order valence-corrected chi connectivity index (χ2v) is 5.36. The fourth-order valence-electron chi connectivity index (χ4n) is 2.59. The summed E-state index contributed by atoms with van der Waals surface area (Å²) >= 11 is 5.99. The molecule has 19 heavy (non-hydrogen) atoms. The van der Waals surface area contributed by atoms with Gasteiger partial charge in [-0.3, -0.25) is 4.79 Å². The van der Waals surface area contributed by atoms with Gasteiger partial charge in [-0.15, -0.1) is 0 Å². The van der Waals surface area contributed by atoms with Gasteiger partial charge in [-0.25, -0.2) is 0 Å². The second-order valence-electron chi connectivity index (χ2n) is 4.96. The summed E-state index contributed by atoms with van der Waals surface area (Å²) in [5, 5.41) is 19.4. The Hall–Kier alpha value is -1.62. The highest BCUT2D eigenvalue weighted by Gasteiger charge is 2.51. The van der Waals surface area contributed by atoms with Crippen LogP contribution < -0.4 is 9.47 Å². The average Bonchev–Trinajstić information content (AvgIpc) is 3.10. The number of ether oxygens (including phenoxy) is 2. The molecule has 0 saturated heterocycles. The number of carbonyl (C=O) groups is 1. The van der Waals surface area contributed by atoms with Gasteiger partial charge in [0.05, 0.1) is 11.4 Å². The molecule has 0 atom stereocenters. The maximum absolute atomic E-state index is 11.0. The quantitative estimate of drug-likeness (QED) is 0.891. The van der Waals surface area contributed by atoms with E-state index in [-0.39, 0.29) is 17.2 Å². The van der Waals surface area contributed by atoms with Crippen LogP contribution in [0.2, 0.25) is 5.02 Å². The molecule has 1 aliphatic carbocycles. The predicted octanol–water partition coefficient (Wildman–Crippen LogP) is 2.32. The summed E-state index contributed by atoms with van der Waals surface area (Å²) in [6.45, 7) is 0.795. The van der Waals surface area contributed by atoms with Crippen LogP contribution in [0.25, 0.3) is 0 Å². The van der Waals surface area contributed by atoms with E-state index in [0.29, 0.717) is 43.1 Å². The van der Waals surface area contributed by atoms with Crippen LogP contribution in [0.5, 0.6) is 17.2 Å². The highest BCUT2D eigenvalue weighted by Crippen LogP contribution is 2.60. The van der Waals surface area contributed by atoms with Crippen molar-refractivity contribution in [3.05, 3.63) is 16.7 Å². The van der Waals surface area contributed by atoms with Gasteiger partial charge in [0.15, 0.2) is 11.5 Å². The molecule has 2 aliphatic rings. The SMILES string of the molecule is O=C(O)CC1(c2c(O)c(Cl)cc3c2OCCO3)CC1. The van der Waals surface area contributed by atoms with Gasteiger partial charge in [0.25, 0.3) is 0 Å². The Morgan fingerprint density at radius 2 is 2.05 bits per heavy atom. The molecule has 0 aromatic heterocycles. The van der Waals surface area contributed by atoms with Crippen LogP contribution in [0.1, 0.15) is 24.8 Å². The van der Waals surface area contributed by atoms with Crippen LogP contribution >= 0.6 is 11.6 Å². The summed E-state index contributed by atoms with van der Waals surface area (Å²) in [7, 11) is 0. The number of hydrogen-bond acceptors (Lipinski definition) is 4. The van der Waals surface area contributed by atoms with Crippen molar-refractivity contribution in [2.45, 2.75) is 24.7 Å². The molecule has 0 unspecified atom stereocenters. The Balaban J connectivity index is 2.14. The molecule has 3 rings (SSSR count). The number of carboxylic acids is 1. The number of aliphatic carboxylic acids is 1. The fraction of sp³-hybridized carbons (Fsp3) is 0.462. The number of phenols is 1. The highest BCUT2D eigenvalue weighted by atomic mass is 35.5. The fourth-order valence-corrected chi connectivity index (χ4v) is 2.79. The summed E-state index contributed by atoms with van der Waals surface area (Å²) in [6.07, 6.45) is 1.35. The molecule has 102 valence electrons. The first-order valence-electron chi connectivity index (χ1n) is 6.07. The van der Waals surface area contributed by atoms with Gasteiger partial charge in [-0.05, 0) is 12.8 Å². The number of carboxylic acid groups (broad SMARTS) is 1. The molecule has 6 heteroatoms.